The van der Waals surface area contributed by atoms with Crippen LogP contribution in [-0.2, 0) is 14.3 Å². The van der Waals surface area contributed by atoms with Crippen molar-refractivity contribution in [3.63, 3.8) is 0 Å². The highest BCUT2D eigenvalue weighted by Crippen LogP contribution is 2.32. The molecule has 0 spiro atoms. The van der Waals surface area contributed by atoms with Gasteiger partial charge in [-0.15, -0.1) is 0 Å². The van der Waals surface area contributed by atoms with E-state index in [-0.39, 0.29) is 4.91 Å². The largest absolute Gasteiger partial charge is 0.465 e. The van der Waals surface area contributed by atoms with E-state index in [1.54, 1.807) is 32.9 Å². The van der Waals surface area contributed by atoms with Crippen molar-refractivity contribution in [3.8, 4) is 0 Å². The summed E-state index contributed by atoms with van der Waals surface area (Å²) in [4.78, 5) is 36.7. The van der Waals surface area contributed by atoms with Gasteiger partial charge in [0.15, 0.2) is 0 Å². The molecule has 112 valence electrons. The van der Waals surface area contributed by atoms with Crippen LogP contribution in [0, 0.1) is 0 Å². The zero-order chi connectivity index (χ0) is 15.6. The van der Waals surface area contributed by atoms with Gasteiger partial charge in [-0.1, -0.05) is 0 Å². The maximum atomic E-state index is 12.1. The number of ether oxygens (including phenoxy) is 1. The highest BCUT2D eigenvalue weighted by Gasteiger charge is 2.37. The fourth-order valence-electron chi connectivity index (χ4n) is 1.64. The first-order chi connectivity index (χ1) is 9.76. The van der Waals surface area contributed by atoms with Crippen LogP contribution in [0.1, 0.15) is 26.5 Å². The molecule has 1 aliphatic rings. The van der Waals surface area contributed by atoms with E-state index in [4.69, 9.17) is 9.15 Å². The number of amides is 2. The van der Waals surface area contributed by atoms with E-state index in [0.29, 0.717) is 5.76 Å². The standard InChI is InChI=1S/C14H15NO5S/c1-14(2,3)20-11(16)8-15-12(17)10(21-13(15)18)7-9-5-4-6-19-9/h4-7H,8H2,1-3H3. The van der Waals surface area contributed by atoms with Gasteiger partial charge in [-0.3, -0.25) is 19.3 Å². The van der Waals surface area contributed by atoms with Crippen molar-refractivity contribution in [3.05, 3.63) is 29.1 Å². The summed E-state index contributed by atoms with van der Waals surface area (Å²) in [7, 11) is 0. The summed E-state index contributed by atoms with van der Waals surface area (Å²) in [5.41, 5.74) is -0.664. The lowest BCUT2D eigenvalue weighted by atomic mass is 10.2. The van der Waals surface area contributed by atoms with Crippen LogP contribution in [0.2, 0.25) is 0 Å². The number of carbonyl (C=O) groups excluding carboxylic acids is 3. The van der Waals surface area contributed by atoms with Crippen LogP contribution < -0.4 is 0 Å². The number of hydrogen-bond acceptors (Lipinski definition) is 6. The molecule has 0 aliphatic carbocycles. The lowest BCUT2D eigenvalue weighted by molar-refractivity contribution is -0.156. The van der Waals surface area contributed by atoms with Crippen LogP contribution in [0.5, 0.6) is 0 Å². The second-order valence-corrected chi connectivity index (χ2v) is 6.36. The van der Waals surface area contributed by atoms with E-state index in [0.717, 1.165) is 16.7 Å². The van der Waals surface area contributed by atoms with Crippen LogP contribution >= 0.6 is 11.8 Å². The second kappa shape index (κ2) is 5.77. The minimum atomic E-state index is -0.664. The third-order valence-electron chi connectivity index (χ3n) is 2.40. The van der Waals surface area contributed by atoms with Gasteiger partial charge in [0, 0.05) is 6.08 Å². The monoisotopic (exact) mass is 309 g/mol. The predicted molar refractivity (Wildman–Crippen MR) is 77.2 cm³/mol. The Morgan fingerprint density at radius 3 is 2.71 bits per heavy atom. The van der Waals surface area contributed by atoms with Gasteiger partial charge in [0.05, 0.1) is 11.2 Å². The molecule has 1 saturated heterocycles. The molecular weight excluding hydrogens is 294 g/mol. The number of furan rings is 1. The zero-order valence-corrected chi connectivity index (χ0v) is 12.7. The summed E-state index contributed by atoms with van der Waals surface area (Å²) >= 11 is 0.771. The first-order valence-electron chi connectivity index (χ1n) is 6.27. The molecule has 2 rings (SSSR count). The molecule has 0 radical (unpaired) electrons. The minimum Gasteiger partial charge on any atom is -0.465 e. The summed E-state index contributed by atoms with van der Waals surface area (Å²) in [6.45, 7) is 4.76. The first-order valence-corrected chi connectivity index (χ1v) is 7.08. The number of thioether (sulfide) groups is 1. The number of nitrogens with zero attached hydrogens (tertiary/aromatic N) is 1. The number of hydrogen-bond donors (Lipinski definition) is 0. The normalized spacial score (nSPS) is 17.7. The molecule has 21 heavy (non-hydrogen) atoms. The molecule has 1 aromatic rings. The van der Waals surface area contributed by atoms with Gasteiger partial charge < -0.3 is 9.15 Å². The summed E-state index contributed by atoms with van der Waals surface area (Å²) in [6.07, 6.45) is 2.94. The molecule has 0 aromatic carbocycles. The van der Waals surface area contributed by atoms with E-state index < -0.39 is 29.3 Å². The average Bonchev–Trinajstić information content (AvgIpc) is 2.92. The van der Waals surface area contributed by atoms with Crippen molar-refractivity contribution in [2.24, 2.45) is 0 Å². The van der Waals surface area contributed by atoms with Gasteiger partial charge >= 0.3 is 5.97 Å². The maximum absolute atomic E-state index is 12.1. The third kappa shape index (κ3) is 3.98. The van der Waals surface area contributed by atoms with Crippen LogP contribution in [-0.4, -0.2) is 34.2 Å². The van der Waals surface area contributed by atoms with Gasteiger partial charge in [-0.05, 0) is 44.7 Å². The molecule has 2 amide bonds. The Hall–Kier alpha value is -2.02. The predicted octanol–water partition coefficient (Wildman–Crippen LogP) is 2.66. The van der Waals surface area contributed by atoms with E-state index in [1.807, 2.05) is 0 Å². The highest BCUT2D eigenvalue weighted by atomic mass is 32.2. The second-order valence-electron chi connectivity index (χ2n) is 5.37. The molecule has 1 fully saturated rings. The van der Waals surface area contributed by atoms with Gasteiger partial charge in [0.2, 0.25) is 0 Å². The van der Waals surface area contributed by atoms with Crippen molar-refractivity contribution >= 4 is 35.0 Å². The van der Waals surface area contributed by atoms with E-state index in [2.05, 4.69) is 0 Å². The molecule has 0 saturated carbocycles. The molecule has 0 bridgehead atoms. The summed E-state index contributed by atoms with van der Waals surface area (Å²) in [5, 5.41) is -0.497. The number of imide groups is 1. The Kier molecular flexibility index (Phi) is 4.22. The topological polar surface area (TPSA) is 76.8 Å². The van der Waals surface area contributed by atoms with Crippen molar-refractivity contribution < 1.29 is 23.5 Å². The van der Waals surface area contributed by atoms with Gasteiger partial charge in [-0.2, -0.15) is 0 Å². The lowest BCUT2D eigenvalue weighted by Crippen LogP contribution is -2.37. The van der Waals surface area contributed by atoms with Crippen molar-refractivity contribution in [1.29, 1.82) is 0 Å². The smallest absolute Gasteiger partial charge is 0.326 e. The van der Waals surface area contributed by atoms with Gasteiger partial charge in [0.1, 0.15) is 17.9 Å². The van der Waals surface area contributed by atoms with Gasteiger partial charge in [0.25, 0.3) is 11.1 Å². The summed E-state index contributed by atoms with van der Waals surface area (Å²) in [5.74, 6) is -0.672. The molecule has 0 N–H and O–H groups in total. The number of rotatable bonds is 3. The number of carbonyl (C=O) groups is 3. The first kappa shape index (κ1) is 15.4. The van der Waals surface area contributed by atoms with Crippen molar-refractivity contribution in [1.82, 2.24) is 4.90 Å². The van der Waals surface area contributed by atoms with Crippen molar-refractivity contribution in [2.45, 2.75) is 26.4 Å². The Bertz CT molecular complexity index is 597. The van der Waals surface area contributed by atoms with E-state index in [9.17, 15) is 14.4 Å². The molecule has 2 heterocycles. The van der Waals surface area contributed by atoms with Crippen LogP contribution in [0.25, 0.3) is 6.08 Å². The number of esters is 1. The maximum Gasteiger partial charge on any atom is 0.326 e. The Balaban J connectivity index is 2.07. The third-order valence-corrected chi connectivity index (χ3v) is 3.30. The highest BCUT2D eigenvalue weighted by molar-refractivity contribution is 8.18. The molecule has 0 atom stereocenters. The fraction of sp³-hybridized carbons (Fsp3) is 0.357. The molecule has 7 heteroatoms. The Labute approximate surface area is 126 Å². The van der Waals surface area contributed by atoms with Crippen LogP contribution in [0.4, 0.5) is 4.79 Å². The molecule has 0 unspecified atom stereocenters. The van der Waals surface area contributed by atoms with Gasteiger partial charge in [-0.25, -0.2) is 0 Å². The lowest BCUT2D eigenvalue weighted by Gasteiger charge is -2.21. The zero-order valence-electron chi connectivity index (χ0n) is 11.9. The average molecular weight is 309 g/mol. The van der Waals surface area contributed by atoms with E-state index in [1.165, 1.54) is 12.3 Å². The molecular formula is C14H15NO5S. The fourth-order valence-corrected chi connectivity index (χ4v) is 2.46. The summed E-state index contributed by atoms with van der Waals surface area (Å²) < 4.78 is 10.2. The SMILES string of the molecule is CC(C)(C)OC(=O)CN1C(=O)SC(=Cc2ccco2)C1=O. The molecule has 6 nitrogen and oxygen atoms in total. The minimum absolute atomic E-state index is 0.221. The van der Waals surface area contributed by atoms with Crippen LogP contribution in [0.3, 0.4) is 0 Å². The Morgan fingerprint density at radius 2 is 2.14 bits per heavy atom. The quantitative estimate of drug-likeness (QED) is 0.631. The molecule has 1 aliphatic heterocycles. The molecule has 1 aromatic heterocycles. The van der Waals surface area contributed by atoms with E-state index >= 15 is 0 Å². The van der Waals surface area contributed by atoms with Crippen molar-refractivity contribution in [2.75, 3.05) is 6.54 Å². The Morgan fingerprint density at radius 1 is 1.43 bits per heavy atom. The summed E-state index contributed by atoms with van der Waals surface area (Å²) in [6, 6.07) is 3.35. The van der Waals surface area contributed by atoms with Crippen LogP contribution in [0.15, 0.2) is 27.7 Å².